The van der Waals surface area contributed by atoms with Crippen molar-refractivity contribution in [2.45, 2.75) is 69.6 Å². The van der Waals surface area contributed by atoms with Gasteiger partial charge in [0.2, 0.25) is 0 Å². The van der Waals surface area contributed by atoms with Crippen molar-refractivity contribution in [1.82, 2.24) is 10.2 Å². The molecule has 1 saturated carbocycles. The van der Waals surface area contributed by atoms with Gasteiger partial charge >= 0.3 is 0 Å². The second-order valence-electron chi connectivity index (χ2n) is 8.99. The summed E-state index contributed by atoms with van der Waals surface area (Å²) in [7, 11) is 0. The first-order chi connectivity index (χ1) is 14.7. The number of alkyl halides is 1. The Morgan fingerprint density at radius 1 is 0.968 bits per heavy atom. The Morgan fingerprint density at radius 3 is 2.13 bits per heavy atom. The molecular weight excluding hydrogens is 433 g/mol. The molecule has 1 aliphatic carbocycles. The number of hydrogen-bond acceptors (Lipinski definition) is 4. The zero-order chi connectivity index (χ0) is 20.8. The zero-order valence-corrected chi connectivity index (χ0v) is 20.0. The zero-order valence-electron chi connectivity index (χ0n) is 18.4. The standard InChI is InChI=1S/C24H36ClN3O2.ClH/c25-13-2-14-26-24(29)19-5-7-21(8-6-19)28-17-11-23(12-18-28)30-22-9-15-27(16-10-22)20-3-1-4-20;/h5-8,20,22-23H,1-4,9-18H2,(H,26,29);1H. The Balaban J connectivity index is 0.00000272. The van der Waals surface area contributed by atoms with E-state index in [1.165, 1.54) is 50.9 Å². The molecule has 0 unspecified atom stereocenters. The van der Waals surface area contributed by atoms with E-state index in [1.54, 1.807) is 0 Å². The summed E-state index contributed by atoms with van der Waals surface area (Å²) >= 11 is 5.66. The summed E-state index contributed by atoms with van der Waals surface area (Å²) in [6.45, 7) is 5.11. The van der Waals surface area contributed by atoms with Crippen LogP contribution in [0.25, 0.3) is 0 Å². The predicted octanol–water partition coefficient (Wildman–Crippen LogP) is 4.47. The number of ether oxygens (including phenoxy) is 1. The van der Waals surface area contributed by atoms with E-state index in [0.717, 1.165) is 38.4 Å². The first-order valence-electron chi connectivity index (χ1n) is 11.8. The van der Waals surface area contributed by atoms with Crippen LogP contribution in [0.2, 0.25) is 0 Å². The Hall–Kier alpha value is -1.01. The van der Waals surface area contributed by atoms with Gasteiger partial charge in [-0.05, 0) is 69.2 Å². The Bertz CT molecular complexity index is 668. The summed E-state index contributed by atoms with van der Waals surface area (Å²) in [5.41, 5.74) is 1.90. The van der Waals surface area contributed by atoms with Crippen LogP contribution in [-0.4, -0.2) is 67.7 Å². The molecule has 1 amide bonds. The summed E-state index contributed by atoms with van der Waals surface area (Å²) in [5, 5.41) is 2.90. The molecule has 31 heavy (non-hydrogen) atoms. The monoisotopic (exact) mass is 469 g/mol. The lowest BCUT2D eigenvalue weighted by Gasteiger charge is -2.43. The molecule has 5 nitrogen and oxygen atoms in total. The quantitative estimate of drug-likeness (QED) is 0.450. The minimum atomic E-state index is -0.0258. The van der Waals surface area contributed by atoms with Crippen LogP contribution >= 0.6 is 24.0 Å². The highest BCUT2D eigenvalue weighted by Gasteiger charge is 2.30. The fourth-order valence-corrected chi connectivity index (χ4v) is 4.98. The minimum Gasteiger partial charge on any atom is -0.375 e. The van der Waals surface area contributed by atoms with Crippen molar-refractivity contribution in [3.05, 3.63) is 29.8 Å². The molecule has 3 fully saturated rings. The highest BCUT2D eigenvalue weighted by atomic mass is 35.5. The summed E-state index contributed by atoms with van der Waals surface area (Å²) < 4.78 is 6.48. The third kappa shape index (κ3) is 6.74. The summed E-state index contributed by atoms with van der Waals surface area (Å²) in [6.07, 6.45) is 10.4. The smallest absolute Gasteiger partial charge is 0.251 e. The molecule has 2 saturated heterocycles. The molecule has 0 spiro atoms. The average molecular weight is 470 g/mol. The summed E-state index contributed by atoms with van der Waals surface area (Å²) in [5.74, 6) is 0.542. The second-order valence-corrected chi connectivity index (χ2v) is 9.37. The molecular formula is C24H37Cl2N3O2. The van der Waals surface area contributed by atoms with E-state index in [0.29, 0.717) is 30.2 Å². The van der Waals surface area contributed by atoms with E-state index < -0.39 is 0 Å². The molecule has 1 aromatic rings. The number of benzene rings is 1. The maximum absolute atomic E-state index is 12.1. The van der Waals surface area contributed by atoms with E-state index in [-0.39, 0.29) is 18.3 Å². The molecule has 0 atom stereocenters. The van der Waals surface area contributed by atoms with E-state index in [1.807, 2.05) is 12.1 Å². The van der Waals surface area contributed by atoms with Crippen molar-refractivity contribution in [3.63, 3.8) is 0 Å². The number of piperidine rings is 2. The first kappa shape index (κ1) is 24.6. The van der Waals surface area contributed by atoms with Crippen LogP contribution in [0.15, 0.2) is 24.3 Å². The Kier molecular flexibility index (Phi) is 9.76. The second kappa shape index (κ2) is 12.3. The largest absolute Gasteiger partial charge is 0.375 e. The number of hydrogen-bond donors (Lipinski definition) is 1. The molecule has 1 N–H and O–H groups in total. The normalized spacial score (nSPS) is 21.4. The molecule has 0 radical (unpaired) electrons. The summed E-state index contributed by atoms with van der Waals surface area (Å²) in [6, 6.07) is 8.84. The lowest BCUT2D eigenvalue weighted by molar-refractivity contribution is -0.0598. The van der Waals surface area contributed by atoms with E-state index >= 15 is 0 Å². The van der Waals surface area contributed by atoms with Crippen molar-refractivity contribution >= 4 is 35.6 Å². The molecule has 7 heteroatoms. The molecule has 0 bridgehead atoms. The van der Waals surface area contributed by atoms with E-state index in [2.05, 4.69) is 27.2 Å². The van der Waals surface area contributed by atoms with Gasteiger partial charge in [0, 0.05) is 55.9 Å². The van der Waals surface area contributed by atoms with Gasteiger partial charge in [0.05, 0.1) is 12.2 Å². The number of amides is 1. The average Bonchev–Trinajstić information content (AvgIpc) is 2.75. The van der Waals surface area contributed by atoms with Crippen LogP contribution in [0, 0.1) is 0 Å². The molecule has 1 aromatic carbocycles. The van der Waals surface area contributed by atoms with Gasteiger partial charge in [-0.2, -0.15) is 0 Å². The van der Waals surface area contributed by atoms with Gasteiger partial charge in [-0.25, -0.2) is 0 Å². The minimum absolute atomic E-state index is 0. The lowest BCUT2D eigenvalue weighted by atomic mass is 9.89. The van der Waals surface area contributed by atoms with Gasteiger partial charge in [-0.15, -0.1) is 24.0 Å². The molecule has 2 aliphatic heterocycles. The van der Waals surface area contributed by atoms with Crippen LogP contribution in [0.3, 0.4) is 0 Å². The number of likely N-dealkylation sites (tertiary alicyclic amines) is 1. The molecule has 174 valence electrons. The number of carbonyl (C=O) groups is 1. The number of halogens is 2. The van der Waals surface area contributed by atoms with Gasteiger partial charge in [-0.1, -0.05) is 6.42 Å². The van der Waals surface area contributed by atoms with Gasteiger partial charge in [-0.3, -0.25) is 4.79 Å². The van der Waals surface area contributed by atoms with Gasteiger partial charge in [0.1, 0.15) is 0 Å². The maximum Gasteiger partial charge on any atom is 0.251 e. The predicted molar refractivity (Wildman–Crippen MR) is 130 cm³/mol. The molecule has 0 aromatic heterocycles. The van der Waals surface area contributed by atoms with Gasteiger partial charge < -0.3 is 19.9 Å². The fourth-order valence-electron chi connectivity index (χ4n) is 4.85. The van der Waals surface area contributed by atoms with Gasteiger partial charge in [0.25, 0.3) is 5.91 Å². The molecule has 3 aliphatic rings. The number of anilines is 1. The fraction of sp³-hybridized carbons (Fsp3) is 0.708. The SMILES string of the molecule is Cl.O=C(NCCCCl)c1ccc(N2CCC(OC3CCN(C4CCC4)CC3)CC2)cc1. The Labute approximate surface area is 198 Å². The van der Waals surface area contributed by atoms with E-state index in [9.17, 15) is 4.79 Å². The number of nitrogens with zero attached hydrogens (tertiary/aromatic N) is 2. The van der Waals surface area contributed by atoms with Gasteiger partial charge in [0.15, 0.2) is 0 Å². The highest BCUT2D eigenvalue weighted by molar-refractivity contribution is 6.17. The van der Waals surface area contributed by atoms with Crippen LogP contribution in [0.1, 0.15) is 61.7 Å². The third-order valence-corrected chi connectivity index (χ3v) is 7.25. The number of rotatable bonds is 8. The lowest BCUT2D eigenvalue weighted by Crippen LogP contribution is -2.47. The number of carbonyl (C=O) groups excluding carboxylic acids is 1. The van der Waals surface area contributed by atoms with Crippen LogP contribution < -0.4 is 10.2 Å². The summed E-state index contributed by atoms with van der Waals surface area (Å²) in [4.78, 5) is 17.2. The highest BCUT2D eigenvalue weighted by Crippen LogP contribution is 2.29. The van der Waals surface area contributed by atoms with Crippen molar-refractivity contribution in [1.29, 1.82) is 0 Å². The van der Waals surface area contributed by atoms with Crippen molar-refractivity contribution < 1.29 is 9.53 Å². The van der Waals surface area contributed by atoms with Crippen molar-refractivity contribution in [3.8, 4) is 0 Å². The van der Waals surface area contributed by atoms with Crippen molar-refractivity contribution in [2.24, 2.45) is 0 Å². The Morgan fingerprint density at radius 2 is 1.58 bits per heavy atom. The first-order valence-corrected chi connectivity index (χ1v) is 12.3. The van der Waals surface area contributed by atoms with Crippen LogP contribution in [-0.2, 0) is 4.74 Å². The molecule has 4 rings (SSSR count). The molecule has 2 heterocycles. The van der Waals surface area contributed by atoms with Crippen LogP contribution in [0.4, 0.5) is 5.69 Å². The number of nitrogens with one attached hydrogen (secondary N) is 1. The van der Waals surface area contributed by atoms with Crippen LogP contribution in [0.5, 0.6) is 0 Å². The van der Waals surface area contributed by atoms with Crippen molar-refractivity contribution in [2.75, 3.05) is 43.5 Å². The maximum atomic E-state index is 12.1. The van der Waals surface area contributed by atoms with E-state index in [4.69, 9.17) is 16.3 Å². The topological polar surface area (TPSA) is 44.8 Å². The third-order valence-electron chi connectivity index (χ3n) is 6.99.